The fraction of sp³-hybridized carbons (Fsp3) is 0.692. The van der Waals surface area contributed by atoms with Crippen LogP contribution >= 0.6 is 0 Å². The Morgan fingerprint density at radius 3 is 2.71 bits per heavy atom. The lowest BCUT2D eigenvalue weighted by atomic mass is 9.68. The number of nitrogens with zero attached hydrogens (tertiary/aromatic N) is 2. The molecule has 3 atom stereocenters. The van der Waals surface area contributed by atoms with Gasteiger partial charge in [-0.3, -0.25) is 0 Å². The van der Waals surface area contributed by atoms with Crippen molar-refractivity contribution in [3.05, 3.63) is 12.2 Å². The quantitative estimate of drug-likeness (QED) is 0.426. The second kappa shape index (κ2) is 5.72. The molecule has 4 nitrogen and oxygen atoms in total. The topological polar surface area (TPSA) is 58.9 Å². The van der Waals surface area contributed by atoms with Gasteiger partial charge >= 0.3 is 0 Å². The van der Waals surface area contributed by atoms with E-state index in [9.17, 15) is 9.59 Å². The van der Waals surface area contributed by atoms with Crippen LogP contribution in [0.4, 0.5) is 0 Å². The molecule has 0 heterocycles. The van der Waals surface area contributed by atoms with Gasteiger partial charge in [-0.25, -0.2) is 19.6 Å². The number of isocyanates is 2. The summed E-state index contributed by atoms with van der Waals surface area (Å²) in [7, 11) is 0. The van der Waals surface area contributed by atoms with Crippen LogP contribution in [0.5, 0.6) is 0 Å². The minimum Gasteiger partial charge on any atom is -0.211 e. The maximum atomic E-state index is 10.5. The van der Waals surface area contributed by atoms with E-state index in [4.69, 9.17) is 0 Å². The average Bonchev–Trinajstić information content (AvgIpc) is 2.27. The van der Waals surface area contributed by atoms with Gasteiger partial charge in [-0.1, -0.05) is 19.1 Å². The van der Waals surface area contributed by atoms with E-state index in [1.54, 1.807) is 12.2 Å². The Hall–Kier alpha value is -1.50. The molecular weight excluding hydrogens is 216 g/mol. The van der Waals surface area contributed by atoms with Crippen molar-refractivity contribution < 1.29 is 9.59 Å². The summed E-state index contributed by atoms with van der Waals surface area (Å²) < 4.78 is 0. The predicted octanol–water partition coefficient (Wildman–Crippen LogP) is 2.41. The summed E-state index contributed by atoms with van der Waals surface area (Å²) in [6.45, 7) is 8.42. The zero-order chi connectivity index (χ0) is 12.9. The van der Waals surface area contributed by atoms with Crippen molar-refractivity contribution in [3.8, 4) is 0 Å². The molecule has 1 saturated carbocycles. The van der Waals surface area contributed by atoms with E-state index in [0.717, 1.165) is 24.8 Å². The van der Waals surface area contributed by atoms with Crippen LogP contribution in [-0.4, -0.2) is 24.7 Å². The van der Waals surface area contributed by atoms with Crippen LogP contribution < -0.4 is 0 Å². The first-order valence-corrected chi connectivity index (χ1v) is 5.78. The maximum Gasteiger partial charge on any atom is 0.235 e. The first-order chi connectivity index (χ1) is 8.02. The van der Waals surface area contributed by atoms with E-state index in [2.05, 4.69) is 23.5 Å². The molecule has 1 aliphatic carbocycles. The highest BCUT2D eigenvalue weighted by Crippen LogP contribution is 2.42. The van der Waals surface area contributed by atoms with E-state index in [0.29, 0.717) is 6.54 Å². The number of carbonyl (C=O) groups excluding carboxylic acids is 2. The molecule has 4 heteroatoms. The lowest BCUT2D eigenvalue weighted by molar-refractivity contribution is 0.170. The minimum atomic E-state index is -0.0781. The lowest BCUT2D eigenvalue weighted by Gasteiger charge is -2.39. The van der Waals surface area contributed by atoms with Gasteiger partial charge in [-0.15, -0.1) is 0 Å². The number of aliphatic imine (C=N–C) groups is 2. The summed E-state index contributed by atoms with van der Waals surface area (Å²) in [4.78, 5) is 28.2. The zero-order valence-electron chi connectivity index (χ0n) is 10.4. The van der Waals surface area contributed by atoms with Crippen LogP contribution in [0.15, 0.2) is 22.1 Å². The Morgan fingerprint density at radius 1 is 1.47 bits per heavy atom. The van der Waals surface area contributed by atoms with Crippen molar-refractivity contribution in [2.75, 3.05) is 6.54 Å². The first kappa shape index (κ1) is 13.6. The Kier molecular flexibility index (Phi) is 4.56. The normalized spacial score (nSPS) is 32.1. The molecule has 0 spiro atoms. The van der Waals surface area contributed by atoms with Gasteiger partial charge in [0.15, 0.2) is 0 Å². The van der Waals surface area contributed by atoms with E-state index >= 15 is 0 Å². The summed E-state index contributed by atoms with van der Waals surface area (Å²) in [5, 5.41) is 0. The number of hydrogen-bond donors (Lipinski definition) is 0. The highest BCUT2D eigenvalue weighted by Gasteiger charge is 2.38. The average molecular weight is 234 g/mol. The molecule has 0 aromatic heterocycles. The molecule has 0 N–H and O–H groups in total. The van der Waals surface area contributed by atoms with Gasteiger partial charge in [-0.05, 0) is 31.6 Å². The van der Waals surface area contributed by atoms with E-state index in [1.165, 1.54) is 0 Å². The molecule has 1 rings (SSSR count). The van der Waals surface area contributed by atoms with Crippen LogP contribution in [0.1, 0.15) is 33.1 Å². The molecule has 3 unspecified atom stereocenters. The number of hydrogen-bond acceptors (Lipinski definition) is 4. The molecule has 1 fully saturated rings. The molecule has 17 heavy (non-hydrogen) atoms. The minimum absolute atomic E-state index is 0.0750. The lowest BCUT2D eigenvalue weighted by Crippen LogP contribution is -2.36. The van der Waals surface area contributed by atoms with Gasteiger partial charge < -0.3 is 0 Å². The van der Waals surface area contributed by atoms with Crippen molar-refractivity contribution in [3.63, 3.8) is 0 Å². The summed E-state index contributed by atoms with van der Waals surface area (Å²) in [5.74, 6) is 0.240. The van der Waals surface area contributed by atoms with Crippen LogP contribution in [0, 0.1) is 11.3 Å². The third-order valence-electron chi connectivity index (χ3n) is 3.60. The van der Waals surface area contributed by atoms with Gasteiger partial charge in [0.05, 0.1) is 12.6 Å². The van der Waals surface area contributed by atoms with Gasteiger partial charge in [0.1, 0.15) is 0 Å². The molecular formula is C13H18N2O2. The summed E-state index contributed by atoms with van der Waals surface area (Å²) in [6, 6.07) is -0.0781. The van der Waals surface area contributed by atoms with Gasteiger partial charge in [0.25, 0.3) is 0 Å². The molecule has 0 radical (unpaired) electrons. The van der Waals surface area contributed by atoms with Crippen LogP contribution in [-0.2, 0) is 9.59 Å². The predicted molar refractivity (Wildman–Crippen MR) is 65.2 cm³/mol. The molecule has 0 amide bonds. The van der Waals surface area contributed by atoms with Crippen molar-refractivity contribution >= 4 is 12.2 Å². The van der Waals surface area contributed by atoms with Gasteiger partial charge in [-0.2, -0.15) is 0 Å². The molecule has 0 saturated heterocycles. The second-order valence-corrected chi connectivity index (χ2v) is 5.20. The fourth-order valence-corrected chi connectivity index (χ4v) is 2.59. The zero-order valence-corrected chi connectivity index (χ0v) is 10.4. The van der Waals surface area contributed by atoms with Crippen LogP contribution in [0.2, 0.25) is 0 Å². The summed E-state index contributed by atoms with van der Waals surface area (Å²) in [5.41, 5.74) is 0.976. The first-order valence-electron chi connectivity index (χ1n) is 5.78. The molecule has 0 aromatic rings. The van der Waals surface area contributed by atoms with E-state index in [1.807, 2.05) is 6.92 Å². The molecule has 0 aromatic carbocycles. The molecule has 0 aliphatic heterocycles. The van der Waals surface area contributed by atoms with E-state index in [-0.39, 0.29) is 17.4 Å². The summed E-state index contributed by atoms with van der Waals surface area (Å²) in [6.07, 6.45) is 5.84. The van der Waals surface area contributed by atoms with Crippen LogP contribution in [0.25, 0.3) is 0 Å². The monoisotopic (exact) mass is 234 g/mol. The molecule has 92 valence electrons. The molecule has 0 bridgehead atoms. The Labute approximate surface area is 102 Å². The SMILES string of the molecule is C=C(C)C1CCC(C)(CN=C=O)CC1N=C=O. The van der Waals surface area contributed by atoms with Crippen molar-refractivity contribution in [2.24, 2.45) is 21.3 Å². The van der Waals surface area contributed by atoms with Crippen LogP contribution in [0.3, 0.4) is 0 Å². The highest BCUT2D eigenvalue weighted by atomic mass is 16.1. The third kappa shape index (κ3) is 3.48. The van der Waals surface area contributed by atoms with Crippen molar-refractivity contribution in [1.29, 1.82) is 0 Å². The van der Waals surface area contributed by atoms with Crippen molar-refractivity contribution in [1.82, 2.24) is 0 Å². The Morgan fingerprint density at radius 2 is 2.18 bits per heavy atom. The third-order valence-corrected chi connectivity index (χ3v) is 3.60. The number of rotatable bonds is 4. The molecule has 1 aliphatic rings. The largest absolute Gasteiger partial charge is 0.235 e. The van der Waals surface area contributed by atoms with E-state index < -0.39 is 0 Å². The summed E-state index contributed by atoms with van der Waals surface area (Å²) >= 11 is 0. The Bertz CT molecular complexity index is 392. The standard InChI is InChI=1S/C13H18N2O2/c1-10(2)11-4-5-13(3,7-14-8-16)6-12(11)15-9-17/h11-12H,1,4-7H2,2-3H3. The fourth-order valence-electron chi connectivity index (χ4n) is 2.59. The maximum absolute atomic E-state index is 10.5. The smallest absolute Gasteiger partial charge is 0.211 e. The second-order valence-electron chi connectivity index (χ2n) is 5.20. The highest BCUT2D eigenvalue weighted by molar-refractivity contribution is 5.34. The van der Waals surface area contributed by atoms with Gasteiger partial charge in [0, 0.05) is 5.92 Å². The Balaban J connectivity index is 2.83. The van der Waals surface area contributed by atoms with Gasteiger partial charge in [0.2, 0.25) is 12.2 Å². The van der Waals surface area contributed by atoms with Crippen molar-refractivity contribution in [2.45, 2.75) is 39.2 Å².